The molecule has 1 amide bonds. The summed E-state index contributed by atoms with van der Waals surface area (Å²) >= 11 is 0. The minimum atomic E-state index is -0.845. The number of carbonyl (C=O) groups is 2. The van der Waals surface area contributed by atoms with Crippen LogP contribution in [0.2, 0.25) is 0 Å². The monoisotopic (exact) mass is 251 g/mol. The van der Waals surface area contributed by atoms with Gasteiger partial charge in [0.1, 0.15) is 0 Å². The summed E-state index contributed by atoms with van der Waals surface area (Å²) < 4.78 is 0. The molecule has 4 heteroatoms. The van der Waals surface area contributed by atoms with Gasteiger partial charge in [-0.25, -0.2) is 0 Å². The van der Waals surface area contributed by atoms with Crippen molar-refractivity contribution in [3.63, 3.8) is 0 Å². The van der Waals surface area contributed by atoms with E-state index in [1.165, 1.54) is 0 Å². The number of allylic oxidation sites excluding steroid dienone is 2. The van der Waals surface area contributed by atoms with Crippen molar-refractivity contribution in [2.75, 3.05) is 6.54 Å². The zero-order valence-electron chi connectivity index (χ0n) is 10.8. The van der Waals surface area contributed by atoms with Crippen LogP contribution in [0.15, 0.2) is 12.2 Å². The summed E-state index contributed by atoms with van der Waals surface area (Å²) in [6.07, 6.45) is 8.10. The number of aliphatic carboxylic acids is 1. The number of nitrogens with zero attached hydrogens (tertiary/aromatic N) is 1. The fraction of sp³-hybridized carbons (Fsp3) is 0.714. The molecule has 0 aromatic rings. The molecule has 2 aliphatic rings. The number of amides is 1. The zero-order valence-corrected chi connectivity index (χ0v) is 10.8. The molecule has 0 radical (unpaired) electrons. The van der Waals surface area contributed by atoms with Gasteiger partial charge < -0.3 is 10.0 Å². The molecule has 0 bridgehead atoms. The highest BCUT2D eigenvalue weighted by molar-refractivity contribution is 5.85. The van der Waals surface area contributed by atoms with Crippen LogP contribution in [0.3, 0.4) is 0 Å². The lowest BCUT2D eigenvalue weighted by atomic mass is 9.81. The zero-order chi connectivity index (χ0) is 13.1. The average molecular weight is 251 g/mol. The molecule has 0 saturated carbocycles. The Kier molecular flexibility index (Phi) is 4.04. The SMILES string of the molecule is C[C@@H]1CCCCN1C(=O)[C@@H]1CC=CC[C@H]1C(=O)O. The molecule has 1 N–H and O–H groups in total. The number of carboxylic acid groups (broad SMARTS) is 1. The third-order valence-electron chi connectivity index (χ3n) is 4.15. The maximum atomic E-state index is 12.5. The Balaban J connectivity index is 2.11. The molecule has 100 valence electrons. The number of hydrogen-bond donors (Lipinski definition) is 1. The van der Waals surface area contributed by atoms with Crippen molar-refractivity contribution in [3.8, 4) is 0 Å². The topological polar surface area (TPSA) is 57.6 Å². The van der Waals surface area contributed by atoms with Crippen molar-refractivity contribution in [2.24, 2.45) is 11.8 Å². The van der Waals surface area contributed by atoms with Crippen LogP contribution >= 0.6 is 0 Å². The number of piperidine rings is 1. The first kappa shape index (κ1) is 13.1. The van der Waals surface area contributed by atoms with Gasteiger partial charge in [-0.3, -0.25) is 9.59 Å². The van der Waals surface area contributed by atoms with Crippen LogP contribution < -0.4 is 0 Å². The summed E-state index contributed by atoms with van der Waals surface area (Å²) in [6.45, 7) is 2.85. The predicted molar refractivity (Wildman–Crippen MR) is 68.0 cm³/mol. The first-order valence-corrected chi connectivity index (χ1v) is 6.79. The lowest BCUT2D eigenvalue weighted by Crippen LogP contribution is -2.47. The number of likely N-dealkylation sites (tertiary alicyclic amines) is 1. The molecule has 0 aromatic heterocycles. The van der Waals surface area contributed by atoms with Gasteiger partial charge in [-0.1, -0.05) is 12.2 Å². The van der Waals surface area contributed by atoms with Crippen molar-refractivity contribution < 1.29 is 14.7 Å². The van der Waals surface area contributed by atoms with Gasteiger partial charge in [-0.2, -0.15) is 0 Å². The maximum Gasteiger partial charge on any atom is 0.307 e. The molecule has 1 heterocycles. The molecule has 1 saturated heterocycles. The van der Waals surface area contributed by atoms with Crippen LogP contribution in [-0.4, -0.2) is 34.5 Å². The Bertz CT molecular complexity index is 364. The highest BCUT2D eigenvalue weighted by Crippen LogP contribution is 2.30. The second-order valence-electron chi connectivity index (χ2n) is 5.37. The summed E-state index contributed by atoms with van der Waals surface area (Å²) in [5, 5.41) is 9.22. The van der Waals surface area contributed by atoms with Gasteiger partial charge in [0, 0.05) is 12.6 Å². The average Bonchev–Trinajstić information content (AvgIpc) is 2.38. The first-order valence-electron chi connectivity index (χ1n) is 6.79. The van der Waals surface area contributed by atoms with Gasteiger partial charge in [0.25, 0.3) is 0 Å². The predicted octanol–water partition coefficient (Wildman–Crippen LogP) is 2.05. The molecule has 2 rings (SSSR count). The third kappa shape index (κ3) is 2.57. The van der Waals surface area contributed by atoms with Gasteiger partial charge in [-0.05, 0) is 39.0 Å². The molecule has 4 nitrogen and oxygen atoms in total. The molecular formula is C14H21NO3. The highest BCUT2D eigenvalue weighted by Gasteiger charge is 2.37. The van der Waals surface area contributed by atoms with Gasteiger partial charge >= 0.3 is 5.97 Å². The molecule has 3 atom stereocenters. The van der Waals surface area contributed by atoms with Crippen molar-refractivity contribution in [1.29, 1.82) is 0 Å². The highest BCUT2D eigenvalue weighted by atomic mass is 16.4. The number of hydrogen-bond acceptors (Lipinski definition) is 2. The summed E-state index contributed by atoms with van der Waals surface area (Å²) in [7, 11) is 0. The fourth-order valence-corrected chi connectivity index (χ4v) is 3.00. The van der Waals surface area contributed by atoms with Crippen molar-refractivity contribution in [3.05, 3.63) is 12.2 Å². The smallest absolute Gasteiger partial charge is 0.307 e. The van der Waals surface area contributed by atoms with Gasteiger partial charge in [0.2, 0.25) is 5.91 Å². The maximum absolute atomic E-state index is 12.5. The second-order valence-corrected chi connectivity index (χ2v) is 5.37. The molecule has 0 unspecified atom stereocenters. The van der Waals surface area contributed by atoms with E-state index < -0.39 is 11.9 Å². The molecule has 0 aromatic carbocycles. The molecular weight excluding hydrogens is 230 g/mol. The molecule has 1 aliphatic carbocycles. The Hall–Kier alpha value is -1.32. The van der Waals surface area contributed by atoms with Gasteiger partial charge in [0.15, 0.2) is 0 Å². The van der Waals surface area contributed by atoms with Gasteiger partial charge in [-0.15, -0.1) is 0 Å². The van der Waals surface area contributed by atoms with Crippen LogP contribution in [0.1, 0.15) is 39.0 Å². The first-order chi connectivity index (χ1) is 8.61. The van der Waals surface area contributed by atoms with Crippen LogP contribution in [0, 0.1) is 11.8 Å². The Morgan fingerprint density at radius 1 is 1.17 bits per heavy atom. The Morgan fingerprint density at radius 3 is 2.44 bits per heavy atom. The van der Waals surface area contributed by atoms with E-state index >= 15 is 0 Å². The van der Waals surface area contributed by atoms with E-state index in [0.717, 1.165) is 25.8 Å². The van der Waals surface area contributed by atoms with Crippen molar-refractivity contribution >= 4 is 11.9 Å². The quantitative estimate of drug-likeness (QED) is 0.764. The number of carboxylic acids is 1. The summed E-state index contributed by atoms with van der Waals surface area (Å²) in [5.74, 6) is -1.72. The fourth-order valence-electron chi connectivity index (χ4n) is 3.00. The minimum Gasteiger partial charge on any atom is -0.481 e. The Morgan fingerprint density at radius 2 is 1.83 bits per heavy atom. The second kappa shape index (κ2) is 5.55. The summed E-state index contributed by atoms with van der Waals surface area (Å²) in [4.78, 5) is 25.6. The number of rotatable bonds is 2. The van der Waals surface area contributed by atoms with E-state index in [1.54, 1.807) is 0 Å². The van der Waals surface area contributed by atoms with Crippen LogP contribution in [-0.2, 0) is 9.59 Å². The Labute approximate surface area is 108 Å². The van der Waals surface area contributed by atoms with Crippen LogP contribution in [0.25, 0.3) is 0 Å². The van der Waals surface area contributed by atoms with E-state index in [4.69, 9.17) is 0 Å². The summed E-state index contributed by atoms with van der Waals surface area (Å²) in [5.41, 5.74) is 0. The van der Waals surface area contributed by atoms with Crippen molar-refractivity contribution in [1.82, 2.24) is 4.90 Å². The minimum absolute atomic E-state index is 0.0407. The van der Waals surface area contributed by atoms with E-state index in [1.807, 2.05) is 17.1 Å². The van der Waals surface area contributed by atoms with Gasteiger partial charge in [0.05, 0.1) is 11.8 Å². The molecule has 0 spiro atoms. The lowest BCUT2D eigenvalue weighted by Gasteiger charge is -2.37. The van der Waals surface area contributed by atoms with Crippen LogP contribution in [0.5, 0.6) is 0 Å². The van der Waals surface area contributed by atoms with Crippen molar-refractivity contribution in [2.45, 2.75) is 45.1 Å². The lowest BCUT2D eigenvalue weighted by molar-refractivity contribution is -0.152. The number of carbonyl (C=O) groups excluding carboxylic acids is 1. The summed E-state index contributed by atoms with van der Waals surface area (Å²) in [6, 6.07) is 0.256. The third-order valence-corrected chi connectivity index (χ3v) is 4.15. The largest absolute Gasteiger partial charge is 0.481 e. The van der Waals surface area contributed by atoms with E-state index in [2.05, 4.69) is 6.92 Å². The molecule has 18 heavy (non-hydrogen) atoms. The van der Waals surface area contributed by atoms with E-state index in [0.29, 0.717) is 12.8 Å². The normalized spacial score (nSPS) is 32.3. The van der Waals surface area contributed by atoms with E-state index in [-0.39, 0.29) is 17.9 Å². The molecule has 1 fully saturated rings. The van der Waals surface area contributed by atoms with E-state index in [9.17, 15) is 14.7 Å². The van der Waals surface area contributed by atoms with Crippen LogP contribution in [0.4, 0.5) is 0 Å². The molecule has 1 aliphatic heterocycles. The standard InChI is InChI=1S/C14H21NO3/c1-10-6-4-5-9-15(10)13(16)11-7-2-3-8-12(11)14(17)18/h2-3,10-12H,4-9H2,1H3,(H,17,18)/t10-,11-,12-/m1/s1.